The van der Waals surface area contributed by atoms with Gasteiger partial charge in [0.05, 0.1) is 0 Å². The highest BCUT2D eigenvalue weighted by Gasteiger charge is 2.57. The van der Waals surface area contributed by atoms with Crippen LogP contribution in [0.2, 0.25) is 0 Å². The highest BCUT2D eigenvalue weighted by atomic mass is 16.3. The lowest BCUT2D eigenvalue weighted by Crippen LogP contribution is -2.42. The Morgan fingerprint density at radius 1 is 1.19 bits per heavy atom. The molecule has 0 aromatic heterocycles. The molecule has 0 aromatic rings. The molecule has 16 heavy (non-hydrogen) atoms. The van der Waals surface area contributed by atoms with Crippen molar-refractivity contribution in [3.05, 3.63) is 0 Å². The Morgan fingerprint density at radius 2 is 1.94 bits per heavy atom. The lowest BCUT2D eigenvalue weighted by atomic mass is 9.98. The molecule has 1 saturated heterocycles. The molecule has 3 unspecified atom stereocenters. The minimum Gasteiger partial charge on any atom is -0.396 e. The molecule has 3 fully saturated rings. The third-order valence-corrected chi connectivity index (χ3v) is 4.78. The van der Waals surface area contributed by atoms with Gasteiger partial charge in [-0.1, -0.05) is 6.42 Å². The van der Waals surface area contributed by atoms with E-state index in [1.807, 2.05) is 4.90 Å². The van der Waals surface area contributed by atoms with Crippen LogP contribution >= 0.6 is 0 Å². The molecule has 3 rings (SSSR count). The number of piperidine rings is 1. The van der Waals surface area contributed by atoms with Gasteiger partial charge >= 0.3 is 0 Å². The van der Waals surface area contributed by atoms with Crippen molar-refractivity contribution in [1.29, 1.82) is 0 Å². The van der Waals surface area contributed by atoms with Crippen LogP contribution in [0.5, 0.6) is 0 Å². The van der Waals surface area contributed by atoms with Crippen molar-refractivity contribution in [3.8, 4) is 0 Å². The molecule has 0 radical (unpaired) electrons. The van der Waals surface area contributed by atoms with Gasteiger partial charge in [0.25, 0.3) is 0 Å². The summed E-state index contributed by atoms with van der Waals surface area (Å²) in [7, 11) is 0. The number of fused-ring (bicyclic) bond motifs is 1. The van der Waals surface area contributed by atoms with Gasteiger partial charge in [0.2, 0.25) is 5.91 Å². The monoisotopic (exact) mass is 223 g/mol. The molecule has 90 valence electrons. The van der Waals surface area contributed by atoms with Crippen LogP contribution in [-0.2, 0) is 4.79 Å². The van der Waals surface area contributed by atoms with Crippen molar-refractivity contribution in [2.24, 2.45) is 23.7 Å². The predicted molar refractivity (Wildman–Crippen MR) is 60.7 cm³/mol. The molecule has 0 spiro atoms. The van der Waals surface area contributed by atoms with Crippen LogP contribution in [0.1, 0.15) is 32.1 Å². The van der Waals surface area contributed by atoms with Crippen LogP contribution in [-0.4, -0.2) is 35.6 Å². The first kappa shape index (κ1) is 10.6. The third kappa shape index (κ3) is 1.65. The van der Waals surface area contributed by atoms with Gasteiger partial charge in [-0.25, -0.2) is 0 Å². The summed E-state index contributed by atoms with van der Waals surface area (Å²) in [6.45, 7) is 1.96. The first-order chi connectivity index (χ1) is 7.81. The number of carbonyl (C=O) groups excluding carboxylic acids is 1. The first-order valence-corrected chi connectivity index (χ1v) is 6.71. The minimum atomic E-state index is 0.237. The van der Waals surface area contributed by atoms with Crippen LogP contribution < -0.4 is 0 Å². The van der Waals surface area contributed by atoms with Crippen LogP contribution in [0, 0.1) is 23.7 Å². The number of likely N-dealkylation sites (tertiary alicyclic amines) is 1. The largest absolute Gasteiger partial charge is 0.396 e. The van der Waals surface area contributed by atoms with E-state index in [2.05, 4.69) is 0 Å². The fraction of sp³-hybridized carbons (Fsp3) is 0.923. The normalized spacial score (nSPS) is 41.9. The summed E-state index contributed by atoms with van der Waals surface area (Å²) in [4.78, 5) is 14.3. The highest BCUT2D eigenvalue weighted by molar-refractivity contribution is 5.82. The number of carbonyl (C=O) groups is 1. The molecule has 3 aliphatic rings. The van der Waals surface area contributed by atoms with Crippen molar-refractivity contribution < 1.29 is 9.90 Å². The SMILES string of the molecule is O=C(C1C2CCCC21)N1CCCC(CO)C1. The van der Waals surface area contributed by atoms with E-state index in [4.69, 9.17) is 5.11 Å². The van der Waals surface area contributed by atoms with Gasteiger partial charge in [-0.05, 0) is 43.4 Å². The van der Waals surface area contributed by atoms with E-state index in [0.717, 1.165) is 37.8 Å². The lowest BCUT2D eigenvalue weighted by molar-refractivity contribution is -0.135. The molecule has 1 aliphatic heterocycles. The van der Waals surface area contributed by atoms with Gasteiger partial charge in [-0.3, -0.25) is 4.79 Å². The summed E-state index contributed by atoms with van der Waals surface area (Å²) in [6, 6.07) is 0. The van der Waals surface area contributed by atoms with E-state index in [9.17, 15) is 4.79 Å². The second-order valence-corrected chi connectivity index (χ2v) is 5.76. The minimum absolute atomic E-state index is 0.237. The molecule has 3 atom stereocenters. The van der Waals surface area contributed by atoms with Gasteiger partial charge < -0.3 is 10.0 Å². The first-order valence-electron chi connectivity index (χ1n) is 6.71. The van der Waals surface area contributed by atoms with E-state index in [1.165, 1.54) is 19.3 Å². The van der Waals surface area contributed by atoms with Crippen molar-refractivity contribution in [2.75, 3.05) is 19.7 Å². The maximum atomic E-state index is 12.3. The Morgan fingerprint density at radius 3 is 2.62 bits per heavy atom. The third-order valence-electron chi connectivity index (χ3n) is 4.78. The second-order valence-electron chi connectivity index (χ2n) is 5.76. The average molecular weight is 223 g/mol. The molecule has 2 aliphatic carbocycles. The number of amides is 1. The molecule has 1 amide bonds. The number of nitrogens with zero attached hydrogens (tertiary/aromatic N) is 1. The maximum absolute atomic E-state index is 12.3. The van der Waals surface area contributed by atoms with Gasteiger partial charge in [0.1, 0.15) is 0 Å². The fourth-order valence-electron chi connectivity index (χ4n) is 3.81. The van der Waals surface area contributed by atoms with Gasteiger partial charge in [-0.15, -0.1) is 0 Å². The lowest BCUT2D eigenvalue weighted by Gasteiger charge is -2.32. The zero-order chi connectivity index (χ0) is 11.1. The molecule has 3 heteroatoms. The summed E-state index contributed by atoms with van der Waals surface area (Å²) in [6.07, 6.45) is 6.03. The smallest absolute Gasteiger partial charge is 0.226 e. The highest BCUT2D eigenvalue weighted by Crippen LogP contribution is 2.58. The number of aliphatic hydroxyl groups is 1. The maximum Gasteiger partial charge on any atom is 0.226 e. The summed E-state index contributed by atoms with van der Waals surface area (Å²) >= 11 is 0. The van der Waals surface area contributed by atoms with Gasteiger partial charge in [0.15, 0.2) is 0 Å². The van der Waals surface area contributed by atoms with Gasteiger partial charge in [-0.2, -0.15) is 0 Å². The summed E-state index contributed by atoms with van der Waals surface area (Å²) in [5.74, 6) is 2.54. The molecule has 1 heterocycles. The predicted octanol–water partition coefficient (Wildman–Crippen LogP) is 1.26. The Balaban J connectivity index is 1.58. The van der Waals surface area contributed by atoms with Crippen molar-refractivity contribution in [1.82, 2.24) is 4.90 Å². The number of aliphatic hydroxyl groups excluding tert-OH is 1. The molecule has 1 N–H and O–H groups in total. The van der Waals surface area contributed by atoms with Crippen molar-refractivity contribution in [2.45, 2.75) is 32.1 Å². The van der Waals surface area contributed by atoms with Gasteiger partial charge in [0, 0.05) is 25.6 Å². The van der Waals surface area contributed by atoms with Crippen LogP contribution in [0.4, 0.5) is 0 Å². The van der Waals surface area contributed by atoms with E-state index in [0.29, 0.717) is 17.7 Å². The topological polar surface area (TPSA) is 40.5 Å². The molecule has 3 nitrogen and oxygen atoms in total. The van der Waals surface area contributed by atoms with Crippen LogP contribution in [0.3, 0.4) is 0 Å². The quantitative estimate of drug-likeness (QED) is 0.765. The molecular weight excluding hydrogens is 202 g/mol. The molecular formula is C13H21NO2. The second kappa shape index (κ2) is 4.02. The summed E-state index contributed by atoms with van der Waals surface area (Å²) in [5.41, 5.74) is 0. The standard InChI is InChI=1S/C13H21NO2/c15-8-9-3-2-6-14(7-9)13(16)12-10-4-1-5-11(10)12/h9-12,15H,1-8H2. The number of hydrogen-bond acceptors (Lipinski definition) is 2. The number of hydrogen-bond donors (Lipinski definition) is 1. The van der Waals surface area contributed by atoms with Crippen LogP contribution in [0.15, 0.2) is 0 Å². The summed E-state index contributed by atoms with van der Waals surface area (Å²) in [5, 5.41) is 9.17. The Hall–Kier alpha value is -0.570. The van der Waals surface area contributed by atoms with E-state index in [1.54, 1.807) is 0 Å². The molecule has 0 aromatic carbocycles. The Kier molecular flexibility index (Phi) is 2.66. The molecule has 0 bridgehead atoms. The van der Waals surface area contributed by atoms with E-state index >= 15 is 0 Å². The molecule has 2 saturated carbocycles. The van der Waals surface area contributed by atoms with Crippen LogP contribution in [0.25, 0.3) is 0 Å². The van der Waals surface area contributed by atoms with E-state index < -0.39 is 0 Å². The van der Waals surface area contributed by atoms with Crippen molar-refractivity contribution in [3.63, 3.8) is 0 Å². The van der Waals surface area contributed by atoms with Crippen molar-refractivity contribution >= 4 is 5.91 Å². The Bertz CT molecular complexity index is 282. The zero-order valence-corrected chi connectivity index (χ0v) is 9.77. The summed E-state index contributed by atoms with van der Waals surface area (Å²) < 4.78 is 0. The van der Waals surface area contributed by atoms with E-state index in [-0.39, 0.29) is 6.61 Å². The fourth-order valence-corrected chi connectivity index (χ4v) is 3.81. The average Bonchev–Trinajstić information content (AvgIpc) is 2.81. The Labute approximate surface area is 96.8 Å². The number of rotatable bonds is 2. The zero-order valence-electron chi connectivity index (χ0n) is 9.77.